The summed E-state index contributed by atoms with van der Waals surface area (Å²) >= 11 is 0. The van der Waals surface area contributed by atoms with Gasteiger partial charge in [0.1, 0.15) is 23.1 Å². The molecular weight excluding hydrogens is 577 g/mol. The van der Waals surface area contributed by atoms with E-state index in [1.54, 1.807) is 0 Å². The van der Waals surface area contributed by atoms with Crippen molar-refractivity contribution in [3.05, 3.63) is 71.8 Å². The van der Waals surface area contributed by atoms with Gasteiger partial charge in [0.2, 0.25) is 0 Å². The van der Waals surface area contributed by atoms with Crippen molar-refractivity contribution >= 4 is 21.7 Å². The Morgan fingerprint density at radius 2 is 1.85 bits per heavy atom. The van der Waals surface area contributed by atoms with E-state index in [0.29, 0.717) is 6.07 Å². The maximum absolute atomic E-state index is 15.1. The smallest absolute Gasteiger partial charge is 0.416 e. The van der Waals surface area contributed by atoms with Gasteiger partial charge in [-0.05, 0) is 42.0 Å². The summed E-state index contributed by atoms with van der Waals surface area (Å²) in [5.74, 6) is -3.38. The molecule has 0 radical (unpaired) electrons. The van der Waals surface area contributed by atoms with Crippen molar-refractivity contribution in [2.75, 3.05) is 31.2 Å². The van der Waals surface area contributed by atoms with Crippen LogP contribution < -0.4 is 13.8 Å². The molecule has 0 amide bonds. The number of fused-ring (bicyclic) bond motifs is 1. The Hall–Kier alpha value is -3.91. The molecule has 218 valence electrons. The first-order chi connectivity index (χ1) is 19.2. The van der Waals surface area contributed by atoms with Gasteiger partial charge in [0.05, 0.1) is 43.0 Å². The molecule has 0 spiro atoms. The second-order valence-corrected chi connectivity index (χ2v) is 11.6. The predicted molar refractivity (Wildman–Crippen MR) is 134 cm³/mol. The molecule has 0 aromatic heterocycles. The molecule has 1 N–H and O–H groups in total. The summed E-state index contributed by atoms with van der Waals surface area (Å²) in [5.41, 5.74) is -2.93. The number of alkyl halides is 3. The van der Waals surface area contributed by atoms with E-state index in [0.717, 1.165) is 41.7 Å². The number of halogens is 5. The van der Waals surface area contributed by atoms with Gasteiger partial charge in [0, 0.05) is 18.1 Å². The average Bonchev–Trinajstić information content (AvgIpc) is 2.90. The third-order valence-electron chi connectivity index (χ3n) is 7.00. The Bertz CT molecular complexity index is 1620. The van der Waals surface area contributed by atoms with E-state index in [2.05, 4.69) is 0 Å². The number of hydrogen-bond acceptors (Lipinski definition) is 6. The topological polar surface area (TPSA) is 102 Å². The van der Waals surface area contributed by atoms with Crippen molar-refractivity contribution in [3.63, 3.8) is 0 Å². The van der Waals surface area contributed by atoms with E-state index in [1.807, 2.05) is 0 Å². The summed E-state index contributed by atoms with van der Waals surface area (Å²) in [5, 5.41) is 9.72. The summed E-state index contributed by atoms with van der Waals surface area (Å²) in [4.78, 5) is 11.2. The van der Waals surface area contributed by atoms with Crippen LogP contribution in [0, 0.1) is 17.0 Å². The number of carbonyl (C=O) groups is 1. The van der Waals surface area contributed by atoms with Gasteiger partial charge in [-0.25, -0.2) is 17.2 Å². The van der Waals surface area contributed by atoms with Gasteiger partial charge < -0.3 is 19.3 Å². The molecule has 2 aliphatic heterocycles. The van der Waals surface area contributed by atoms with Crippen LogP contribution in [0.4, 0.5) is 27.6 Å². The number of carboxylic acids is 1. The minimum absolute atomic E-state index is 0.0275. The van der Waals surface area contributed by atoms with Crippen molar-refractivity contribution in [2.24, 2.45) is 5.41 Å². The number of anilines is 1. The van der Waals surface area contributed by atoms with E-state index < -0.39 is 68.1 Å². The lowest BCUT2D eigenvalue weighted by Crippen LogP contribution is -2.54. The fourth-order valence-corrected chi connectivity index (χ4v) is 6.35. The zero-order valence-electron chi connectivity index (χ0n) is 21.2. The van der Waals surface area contributed by atoms with Gasteiger partial charge in [-0.3, -0.25) is 9.10 Å². The summed E-state index contributed by atoms with van der Waals surface area (Å²) in [7, 11) is -3.56. The number of benzene rings is 3. The van der Waals surface area contributed by atoms with E-state index >= 15 is 4.39 Å². The minimum atomic E-state index is -4.82. The molecule has 3 aromatic rings. The number of nitrogens with zero attached hydrogens (tertiary/aromatic N) is 1. The van der Waals surface area contributed by atoms with E-state index in [1.165, 1.54) is 18.2 Å². The number of sulfonamides is 1. The molecule has 2 heterocycles. The van der Waals surface area contributed by atoms with Crippen molar-refractivity contribution in [1.29, 1.82) is 0 Å². The summed E-state index contributed by atoms with van der Waals surface area (Å²) < 4.78 is 114. The molecule has 5 rings (SSSR count). The third-order valence-corrected chi connectivity index (χ3v) is 8.78. The fraction of sp³-hybridized carbons (Fsp3) is 0.296. The van der Waals surface area contributed by atoms with E-state index in [9.17, 15) is 35.9 Å². The molecule has 41 heavy (non-hydrogen) atoms. The molecule has 8 nitrogen and oxygen atoms in total. The maximum Gasteiger partial charge on any atom is 0.416 e. The van der Waals surface area contributed by atoms with Crippen molar-refractivity contribution in [2.45, 2.75) is 23.6 Å². The van der Waals surface area contributed by atoms with Crippen LogP contribution in [0.2, 0.25) is 0 Å². The largest absolute Gasteiger partial charge is 0.494 e. The Balaban J connectivity index is 1.63. The Kier molecular flexibility index (Phi) is 7.10. The van der Waals surface area contributed by atoms with Crippen molar-refractivity contribution in [3.8, 4) is 22.6 Å². The van der Waals surface area contributed by atoms with Crippen LogP contribution in [0.3, 0.4) is 0 Å². The van der Waals surface area contributed by atoms with Crippen molar-refractivity contribution in [1.82, 2.24) is 0 Å². The normalized spacial score (nSPS) is 18.2. The Labute approximate surface area is 230 Å². The van der Waals surface area contributed by atoms with Gasteiger partial charge in [0.15, 0.2) is 11.6 Å². The molecule has 14 heteroatoms. The van der Waals surface area contributed by atoms with Crippen LogP contribution >= 0.6 is 0 Å². The number of rotatable bonds is 7. The van der Waals surface area contributed by atoms with Crippen LogP contribution in [0.15, 0.2) is 59.5 Å². The highest BCUT2D eigenvalue weighted by atomic mass is 32.2. The molecule has 0 aliphatic carbocycles. The highest BCUT2D eigenvalue weighted by molar-refractivity contribution is 7.92. The molecule has 0 saturated carbocycles. The number of aliphatic carboxylic acids is 1. The zero-order chi connectivity index (χ0) is 29.7. The van der Waals surface area contributed by atoms with Gasteiger partial charge in [-0.1, -0.05) is 12.1 Å². The molecular formula is C27H22F5NO7S. The first-order valence-corrected chi connectivity index (χ1v) is 13.5. The standard InChI is InChI=1S/C27H22F5NO7S/c1-38-23-10-17(28)9-20(24(23)29)15-5-6-22-21(7-15)33(12-18(40-22)11-26(25(34)35)13-39-14-26)41(36,37)19-4-2-3-16(8-19)27(30,31)32/h2-10,18H,11-14H2,1H3,(H,34,35). The quantitative estimate of drug-likeness (QED) is 0.377. The number of methoxy groups -OCH3 is 1. The predicted octanol–water partition coefficient (Wildman–Crippen LogP) is 5.11. The second-order valence-electron chi connectivity index (χ2n) is 9.74. The minimum Gasteiger partial charge on any atom is -0.494 e. The molecule has 1 unspecified atom stereocenters. The highest BCUT2D eigenvalue weighted by Crippen LogP contribution is 2.44. The molecule has 2 aliphatic rings. The highest BCUT2D eigenvalue weighted by Gasteiger charge is 2.50. The van der Waals surface area contributed by atoms with Crippen molar-refractivity contribution < 1.29 is 54.5 Å². The van der Waals surface area contributed by atoms with Gasteiger partial charge >= 0.3 is 12.1 Å². The monoisotopic (exact) mass is 599 g/mol. The SMILES string of the molecule is COc1cc(F)cc(-c2ccc3c(c2)N(S(=O)(=O)c2cccc(C(F)(F)F)c2)CC(CC2(C(=O)O)COC2)O3)c1F. The summed E-state index contributed by atoms with van der Waals surface area (Å²) in [6.45, 7) is -0.733. The van der Waals surface area contributed by atoms with Crippen LogP contribution in [0.25, 0.3) is 11.1 Å². The third kappa shape index (κ3) is 5.17. The lowest BCUT2D eigenvalue weighted by molar-refractivity contribution is -0.184. The van der Waals surface area contributed by atoms with Crippen LogP contribution in [-0.4, -0.2) is 52.5 Å². The van der Waals surface area contributed by atoms with Gasteiger partial charge in [-0.15, -0.1) is 0 Å². The van der Waals surface area contributed by atoms with E-state index in [-0.39, 0.29) is 42.2 Å². The molecule has 0 bridgehead atoms. The number of ether oxygens (including phenoxy) is 3. The number of hydrogen-bond donors (Lipinski definition) is 1. The summed E-state index contributed by atoms with van der Waals surface area (Å²) in [6.07, 6.45) is -6.01. The van der Waals surface area contributed by atoms with Crippen LogP contribution in [0.5, 0.6) is 11.5 Å². The molecule has 3 aromatic carbocycles. The van der Waals surface area contributed by atoms with Gasteiger partial charge in [0.25, 0.3) is 10.0 Å². The Morgan fingerprint density at radius 3 is 2.46 bits per heavy atom. The molecule has 1 atom stereocenters. The van der Waals surface area contributed by atoms with Crippen LogP contribution in [0.1, 0.15) is 12.0 Å². The lowest BCUT2D eigenvalue weighted by atomic mass is 9.80. The van der Waals surface area contributed by atoms with Crippen LogP contribution in [-0.2, 0) is 25.7 Å². The average molecular weight is 600 g/mol. The van der Waals surface area contributed by atoms with E-state index in [4.69, 9.17) is 14.2 Å². The Morgan fingerprint density at radius 1 is 1.12 bits per heavy atom. The van der Waals surface area contributed by atoms with Gasteiger partial charge in [-0.2, -0.15) is 13.2 Å². The number of carboxylic acid groups (broad SMARTS) is 1. The second kappa shape index (κ2) is 10.2. The maximum atomic E-state index is 15.1. The fourth-order valence-electron chi connectivity index (χ4n) is 4.81. The first kappa shape index (κ1) is 28.6. The zero-order valence-corrected chi connectivity index (χ0v) is 22.1. The molecule has 1 saturated heterocycles. The first-order valence-electron chi connectivity index (χ1n) is 12.1. The summed E-state index contributed by atoms with van der Waals surface area (Å²) in [6, 6.07) is 8.70. The molecule has 1 fully saturated rings. The lowest BCUT2D eigenvalue weighted by Gasteiger charge is -2.42.